The number of halogens is 3. The van der Waals surface area contributed by atoms with Gasteiger partial charge in [-0.2, -0.15) is 5.26 Å². The lowest BCUT2D eigenvalue weighted by Gasteiger charge is -2.08. The summed E-state index contributed by atoms with van der Waals surface area (Å²) in [5, 5.41) is 8.49. The maximum absolute atomic E-state index is 12.6. The highest BCUT2D eigenvalue weighted by molar-refractivity contribution is 14.1. The van der Waals surface area contributed by atoms with Crippen LogP contribution in [0, 0.1) is 22.0 Å². The van der Waals surface area contributed by atoms with Gasteiger partial charge in [0.25, 0.3) is 6.43 Å². The third-order valence-electron chi connectivity index (χ3n) is 1.71. The summed E-state index contributed by atoms with van der Waals surface area (Å²) < 4.78 is 25.5. The van der Waals surface area contributed by atoms with E-state index in [1.807, 2.05) is 6.07 Å². The summed E-state index contributed by atoms with van der Waals surface area (Å²) in [5.41, 5.74) is 0.918. The number of aryl methyl sites for hydroxylation is 1. The summed E-state index contributed by atoms with van der Waals surface area (Å²) in [6, 6.07) is 3.40. The maximum Gasteiger partial charge on any atom is 0.266 e. The average Bonchev–Trinajstić information content (AvgIpc) is 2.01. The van der Waals surface area contributed by atoms with Gasteiger partial charge in [-0.3, -0.25) is 0 Å². The fraction of sp³-hybridized carbons (Fsp3) is 0.333. The van der Waals surface area contributed by atoms with Crippen molar-refractivity contribution in [3.05, 3.63) is 26.6 Å². The smallest absolute Gasteiger partial charge is 0.247 e. The van der Waals surface area contributed by atoms with Gasteiger partial charge < -0.3 is 0 Å². The molecule has 0 amide bonds. The Bertz CT molecular complexity index is 385. The highest BCUT2D eigenvalue weighted by atomic mass is 127. The molecule has 0 spiro atoms. The zero-order chi connectivity index (χ0) is 10.7. The second-order valence-electron chi connectivity index (χ2n) is 2.76. The summed E-state index contributed by atoms with van der Waals surface area (Å²) in [6.45, 7) is 1.72. The standard InChI is InChI=1S/C9H7F2IN2/c1-5-4-6(2-3-13)7(8(10)11)9(12)14-5/h4,8H,2H2,1H3. The van der Waals surface area contributed by atoms with Gasteiger partial charge >= 0.3 is 0 Å². The molecule has 1 aromatic heterocycles. The molecule has 2 nitrogen and oxygen atoms in total. The highest BCUT2D eigenvalue weighted by Gasteiger charge is 2.18. The largest absolute Gasteiger partial charge is 0.266 e. The van der Waals surface area contributed by atoms with Crippen LogP contribution < -0.4 is 0 Å². The molecule has 0 aliphatic heterocycles. The van der Waals surface area contributed by atoms with Crippen molar-refractivity contribution in [2.75, 3.05) is 0 Å². The molecular weight excluding hydrogens is 301 g/mol. The minimum Gasteiger partial charge on any atom is -0.247 e. The molecule has 0 saturated heterocycles. The van der Waals surface area contributed by atoms with Crippen molar-refractivity contribution >= 4 is 22.6 Å². The summed E-state index contributed by atoms with van der Waals surface area (Å²) in [6.07, 6.45) is -2.57. The average molecular weight is 308 g/mol. The van der Waals surface area contributed by atoms with Crippen molar-refractivity contribution in [3.63, 3.8) is 0 Å². The van der Waals surface area contributed by atoms with E-state index in [4.69, 9.17) is 5.26 Å². The summed E-state index contributed by atoms with van der Waals surface area (Å²) in [7, 11) is 0. The highest BCUT2D eigenvalue weighted by Crippen LogP contribution is 2.27. The Morgan fingerprint density at radius 3 is 2.79 bits per heavy atom. The lowest BCUT2D eigenvalue weighted by Crippen LogP contribution is -2.01. The van der Waals surface area contributed by atoms with Gasteiger partial charge in [0, 0.05) is 5.69 Å². The van der Waals surface area contributed by atoms with Gasteiger partial charge in [0.05, 0.1) is 18.1 Å². The monoisotopic (exact) mass is 308 g/mol. The van der Waals surface area contributed by atoms with E-state index in [1.165, 1.54) is 6.07 Å². The van der Waals surface area contributed by atoms with Crippen molar-refractivity contribution in [1.29, 1.82) is 5.26 Å². The molecule has 0 fully saturated rings. The lowest BCUT2D eigenvalue weighted by atomic mass is 10.1. The van der Waals surface area contributed by atoms with E-state index in [1.54, 1.807) is 29.5 Å². The summed E-state index contributed by atoms with van der Waals surface area (Å²) >= 11 is 1.77. The number of pyridine rings is 1. The Labute approximate surface area is 94.1 Å². The molecule has 0 N–H and O–H groups in total. The van der Waals surface area contributed by atoms with Crippen LogP contribution in [-0.2, 0) is 6.42 Å². The molecule has 0 aliphatic carbocycles. The zero-order valence-corrected chi connectivity index (χ0v) is 9.55. The second-order valence-corrected chi connectivity index (χ2v) is 3.78. The number of alkyl halides is 2. The Balaban J connectivity index is 3.30. The van der Waals surface area contributed by atoms with Crippen LogP contribution in [0.1, 0.15) is 23.2 Å². The first kappa shape index (κ1) is 11.3. The Morgan fingerprint density at radius 1 is 1.64 bits per heavy atom. The van der Waals surface area contributed by atoms with Crippen molar-refractivity contribution in [1.82, 2.24) is 4.98 Å². The van der Waals surface area contributed by atoms with Crippen LogP contribution in [0.25, 0.3) is 0 Å². The maximum atomic E-state index is 12.6. The molecule has 0 aliphatic rings. The number of hydrogen-bond donors (Lipinski definition) is 0. The second kappa shape index (κ2) is 4.64. The van der Waals surface area contributed by atoms with Crippen LogP contribution in [0.5, 0.6) is 0 Å². The van der Waals surface area contributed by atoms with Crippen molar-refractivity contribution in [2.45, 2.75) is 19.8 Å². The van der Waals surface area contributed by atoms with E-state index >= 15 is 0 Å². The third-order valence-corrected chi connectivity index (χ3v) is 2.54. The minimum absolute atomic E-state index is 0.000957. The van der Waals surface area contributed by atoms with Gasteiger partial charge in [0.2, 0.25) is 0 Å². The normalized spacial score (nSPS) is 10.3. The predicted molar refractivity (Wildman–Crippen MR) is 56.0 cm³/mol. The van der Waals surface area contributed by atoms with Crippen molar-refractivity contribution in [3.8, 4) is 6.07 Å². The summed E-state index contributed by atoms with van der Waals surface area (Å²) in [4.78, 5) is 3.93. The predicted octanol–water partition coefficient (Wildman–Crippen LogP) is 3.00. The van der Waals surface area contributed by atoms with E-state index in [0.29, 0.717) is 11.3 Å². The first-order valence-corrected chi connectivity index (χ1v) is 4.95. The topological polar surface area (TPSA) is 36.7 Å². The fourth-order valence-corrected chi connectivity index (χ4v) is 2.13. The van der Waals surface area contributed by atoms with E-state index in [9.17, 15) is 8.78 Å². The van der Waals surface area contributed by atoms with Gasteiger partial charge in [-0.1, -0.05) is 0 Å². The zero-order valence-electron chi connectivity index (χ0n) is 7.39. The Hall–Kier alpha value is -0.770. The number of rotatable bonds is 2. The van der Waals surface area contributed by atoms with Crippen molar-refractivity contribution in [2.24, 2.45) is 0 Å². The molecule has 0 unspecified atom stereocenters. The van der Waals surface area contributed by atoms with Crippen molar-refractivity contribution < 1.29 is 8.78 Å². The molecule has 1 rings (SSSR count). The minimum atomic E-state index is -2.57. The number of hydrogen-bond acceptors (Lipinski definition) is 2. The van der Waals surface area contributed by atoms with E-state index in [0.717, 1.165) is 0 Å². The Morgan fingerprint density at radius 2 is 2.29 bits per heavy atom. The molecule has 1 aromatic rings. The molecule has 0 radical (unpaired) electrons. The molecule has 74 valence electrons. The van der Waals surface area contributed by atoms with Gasteiger partial charge in [0.1, 0.15) is 3.70 Å². The fourth-order valence-electron chi connectivity index (χ4n) is 1.17. The number of aromatic nitrogens is 1. The number of nitriles is 1. The molecule has 5 heteroatoms. The van der Waals surface area contributed by atoms with Crippen LogP contribution >= 0.6 is 22.6 Å². The molecule has 14 heavy (non-hydrogen) atoms. The van der Waals surface area contributed by atoms with E-state index in [-0.39, 0.29) is 15.7 Å². The first-order valence-electron chi connectivity index (χ1n) is 3.87. The molecule has 1 heterocycles. The number of nitrogens with zero attached hydrogens (tertiary/aromatic N) is 2. The van der Waals surface area contributed by atoms with E-state index < -0.39 is 6.43 Å². The molecule has 0 aromatic carbocycles. The first-order chi connectivity index (χ1) is 6.56. The third kappa shape index (κ3) is 2.38. The van der Waals surface area contributed by atoms with Crippen LogP contribution in [0.2, 0.25) is 0 Å². The van der Waals surface area contributed by atoms with Crippen LogP contribution in [0.3, 0.4) is 0 Å². The van der Waals surface area contributed by atoms with Gasteiger partial charge in [-0.25, -0.2) is 13.8 Å². The molecular formula is C9H7F2IN2. The quantitative estimate of drug-likeness (QED) is 0.622. The van der Waals surface area contributed by atoms with Gasteiger partial charge in [0.15, 0.2) is 0 Å². The SMILES string of the molecule is Cc1cc(CC#N)c(C(F)F)c(I)n1. The summed E-state index contributed by atoms with van der Waals surface area (Å²) in [5.74, 6) is 0. The van der Waals surface area contributed by atoms with Gasteiger partial charge in [-0.15, -0.1) is 0 Å². The molecule has 0 bridgehead atoms. The molecule has 0 atom stereocenters. The van der Waals surface area contributed by atoms with Crippen LogP contribution in [-0.4, -0.2) is 4.98 Å². The lowest BCUT2D eigenvalue weighted by molar-refractivity contribution is 0.149. The van der Waals surface area contributed by atoms with E-state index in [2.05, 4.69) is 4.98 Å². The van der Waals surface area contributed by atoms with Crippen LogP contribution in [0.15, 0.2) is 6.07 Å². The molecule has 0 saturated carbocycles. The Kier molecular flexibility index (Phi) is 3.75. The van der Waals surface area contributed by atoms with Gasteiger partial charge in [-0.05, 0) is 41.1 Å². The van der Waals surface area contributed by atoms with Crippen LogP contribution in [0.4, 0.5) is 8.78 Å².